The summed E-state index contributed by atoms with van der Waals surface area (Å²) in [6.45, 7) is 1.91. The number of carboxylic acids is 1. The summed E-state index contributed by atoms with van der Waals surface area (Å²) in [6, 6.07) is 4.96. The Morgan fingerprint density at radius 3 is 2.45 bits per heavy atom. The number of fused-ring (bicyclic) bond motifs is 1. The molecule has 104 valence electrons. The lowest BCUT2D eigenvalue weighted by Crippen LogP contribution is -2.42. The number of rotatable bonds is 2. The van der Waals surface area contributed by atoms with Gasteiger partial charge in [0.25, 0.3) is 5.91 Å². The molecular formula is C14H14N2O4. The Morgan fingerprint density at radius 2 is 1.85 bits per heavy atom. The van der Waals surface area contributed by atoms with Gasteiger partial charge in [-0.2, -0.15) is 0 Å². The summed E-state index contributed by atoms with van der Waals surface area (Å²) in [4.78, 5) is 38.1. The van der Waals surface area contributed by atoms with Crippen LogP contribution in [0, 0.1) is 6.92 Å². The first-order valence-corrected chi connectivity index (χ1v) is 6.46. The minimum absolute atomic E-state index is 0.331. The predicted octanol–water partition coefficient (Wildman–Crippen LogP) is 1.38. The number of amides is 3. The van der Waals surface area contributed by atoms with Gasteiger partial charge in [-0.15, -0.1) is 0 Å². The van der Waals surface area contributed by atoms with E-state index in [2.05, 4.69) is 0 Å². The van der Waals surface area contributed by atoms with Crippen molar-refractivity contribution in [3.05, 3.63) is 29.8 Å². The molecule has 1 aromatic carbocycles. The van der Waals surface area contributed by atoms with Gasteiger partial charge in [-0.1, -0.05) is 17.7 Å². The van der Waals surface area contributed by atoms with Crippen molar-refractivity contribution in [1.82, 2.24) is 4.90 Å². The second-order valence-electron chi connectivity index (χ2n) is 5.15. The molecule has 0 spiro atoms. The van der Waals surface area contributed by atoms with Crippen LogP contribution in [0.15, 0.2) is 24.3 Å². The molecule has 1 aromatic rings. The minimum atomic E-state index is -1.06. The van der Waals surface area contributed by atoms with Gasteiger partial charge in [-0.05, 0) is 31.9 Å². The van der Waals surface area contributed by atoms with Gasteiger partial charge in [-0.25, -0.2) is 14.5 Å². The van der Waals surface area contributed by atoms with Gasteiger partial charge in [-0.3, -0.25) is 9.69 Å². The van der Waals surface area contributed by atoms with Crippen LogP contribution in [-0.4, -0.2) is 40.0 Å². The lowest BCUT2D eigenvalue weighted by molar-refractivity contribution is -0.141. The van der Waals surface area contributed by atoms with E-state index in [9.17, 15) is 14.4 Å². The van der Waals surface area contributed by atoms with Gasteiger partial charge >= 0.3 is 12.0 Å². The molecule has 6 heteroatoms. The molecule has 0 saturated carbocycles. The van der Waals surface area contributed by atoms with Crippen LogP contribution in [-0.2, 0) is 9.59 Å². The number of urea groups is 1. The molecule has 0 radical (unpaired) electrons. The highest BCUT2D eigenvalue weighted by atomic mass is 16.4. The van der Waals surface area contributed by atoms with E-state index in [0.29, 0.717) is 18.5 Å². The molecular weight excluding hydrogens is 260 g/mol. The smallest absolute Gasteiger partial charge is 0.332 e. The summed E-state index contributed by atoms with van der Waals surface area (Å²) in [6.07, 6.45) is 0.739. The van der Waals surface area contributed by atoms with Gasteiger partial charge in [0, 0.05) is 0 Å². The fourth-order valence-electron chi connectivity index (χ4n) is 2.85. The number of anilines is 1. The van der Waals surface area contributed by atoms with Crippen LogP contribution in [0.25, 0.3) is 0 Å². The monoisotopic (exact) mass is 274 g/mol. The quantitative estimate of drug-likeness (QED) is 0.826. The third kappa shape index (κ3) is 1.68. The Hall–Kier alpha value is -2.37. The van der Waals surface area contributed by atoms with E-state index < -0.39 is 24.1 Å². The molecule has 2 aliphatic rings. The van der Waals surface area contributed by atoms with Crippen molar-refractivity contribution >= 4 is 23.6 Å². The molecule has 0 unspecified atom stereocenters. The summed E-state index contributed by atoms with van der Waals surface area (Å²) >= 11 is 0. The maximum atomic E-state index is 12.4. The maximum absolute atomic E-state index is 12.4. The van der Waals surface area contributed by atoms with Crippen molar-refractivity contribution in [2.45, 2.75) is 31.8 Å². The maximum Gasteiger partial charge on any atom is 0.332 e. The molecule has 1 N–H and O–H groups in total. The number of imide groups is 1. The first-order chi connectivity index (χ1) is 9.50. The largest absolute Gasteiger partial charge is 0.480 e. The minimum Gasteiger partial charge on any atom is -0.480 e. The van der Waals surface area contributed by atoms with E-state index in [-0.39, 0.29) is 5.91 Å². The summed E-state index contributed by atoms with van der Waals surface area (Å²) < 4.78 is 0. The average Bonchev–Trinajstić information content (AvgIpc) is 2.94. The first-order valence-electron chi connectivity index (χ1n) is 6.46. The summed E-state index contributed by atoms with van der Waals surface area (Å²) in [7, 11) is 0. The van der Waals surface area contributed by atoms with Crippen molar-refractivity contribution < 1.29 is 19.5 Å². The highest BCUT2D eigenvalue weighted by Gasteiger charge is 2.54. The standard InChI is InChI=1S/C14H14N2O4/c1-8-2-4-9(5-3-8)15-12(17)10-6-7-11(13(18)19)16(10)14(15)20/h2-5,10-11H,6-7H2,1H3,(H,18,19)/t10-,11+/m1/s1. The predicted molar refractivity (Wildman–Crippen MR) is 70.3 cm³/mol. The normalized spacial score (nSPS) is 25.2. The highest BCUT2D eigenvalue weighted by Crippen LogP contribution is 2.35. The Labute approximate surface area is 115 Å². The number of hydrogen-bond donors (Lipinski definition) is 1. The van der Waals surface area contributed by atoms with E-state index in [0.717, 1.165) is 10.5 Å². The molecule has 2 fully saturated rings. The highest BCUT2D eigenvalue weighted by molar-refractivity contribution is 6.22. The molecule has 0 aliphatic carbocycles. The van der Waals surface area contributed by atoms with E-state index in [4.69, 9.17) is 5.11 Å². The van der Waals surface area contributed by atoms with Gasteiger partial charge in [0.05, 0.1) is 5.69 Å². The number of aliphatic carboxylic acids is 1. The van der Waals surface area contributed by atoms with Crippen molar-refractivity contribution in [3.8, 4) is 0 Å². The topological polar surface area (TPSA) is 77.9 Å². The molecule has 2 heterocycles. The number of carbonyl (C=O) groups is 3. The fourth-order valence-corrected chi connectivity index (χ4v) is 2.85. The van der Waals surface area contributed by atoms with Crippen LogP contribution in [0.5, 0.6) is 0 Å². The van der Waals surface area contributed by atoms with Crippen LogP contribution in [0.3, 0.4) is 0 Å². The Balaban J connectivity index is 1.96. The van der Waals surface area contributed by atoms with Crippen molar-refractivity contribution in [3.63, 3.8) is 0 Å². The number of nitrogens with zero attached hydrogens (tertiary/aromatic N) is 2. The van der Waals surface area contributed by atoms with Crippen LogP contribution >= 0.6 is 0 Å². The summed E-state index contributed by atoms with van der Waals surface area (Å²) in [5.41, 5.74) is 1.51. The molecule has 2 aliphatic heterocycles. The molecule has 20 heavy (non-hydrogen) atoms. The van der Waals surface area contributed by atoms with Crippen molar-refractivity contribution in [2.24, 2.45) is 0 Å². The zero-order valence-corrected chi connectivity index (χ0v) is 10.9. The first kappa shape index (κ1) is 12.7. The van der Waals surface area contributed by atoms with E-state index in [1.54, 1.807) is 12.1 Å². The zero-order valence-electron chi connectivity index (χ0n) is 10.9. The summed E-state index contributed by atoms with van der Waals surface area (Å²) in [5.74, 6) is -1.39. The third-order valence-corrected chi connectivity index (χ3v) is 3.88. The fraction of sp³-hybridized carbons (Fsp3) is 0.357. The van der Waals surface area contributed by atoms with Gasteiger partial charge < -0.3 is 5.11 Å². The SMILES string of the molecule is Cc1ccc(N2C(=O)[C@H]3CC[C@@H](C(=O)O)N3C2=O)cc1. The van der Waals surface area contributed by atoms with Crippen LogP contribution in [0.4, 0.5) is 10.5 Å². The molecule has 3 amide bonds. The molecule has 6 nitrogen and oxygen atoms in total. The lowest BCUT2D eigenvalue weighted by atomic mass is 10.1. The second-order valence-corrected chi connectivity index (χ2v) is 5.15. The van der Waals surface area contributed by atoms with E-state index >= 15 is 0 Å². The lowest BCUT2D eigenvalue weighted by Gasteiger charge is -2.20. The van der Waals surface area contributed by atoms with Crippen LogP contribution in [0.2, 0.25) is 0 Å². The number of aryl methyl sites for hydroxylation is 1. The zero-order chi connectivity index (χ0) is 14.4. The van der Waals surface area contributed by atoms with Crippen molar-refractivity contribution in [2.75, 3.05) is 4.90 Å². The molecule has 2 atom stereocenters. The molecule has 0 bridgehead atoms. The average molecular weight is 274 g/mol. The van der Waals surface area contributed by atoms with Crippen molar-refractivity contribution in [1.29, 1.82) is 0 Å². The number of carboxylic acid groups (broad SMARTS) is 1. The molecule has 0 aromatic heterocycles. The van der Waals surface area contributed by atoms with E-state index in [1.165, 1.54) is 4.90 Å². The number of benzene rings is 1. The van der Waals surface area contributed by atoms with Gasteiger partial charge in [0.2, 0.25) is 0 Å². The summed E-state index contributed by atoms with van der Waals surface area (Å²) in [5, 5.41) is 9.13. The Morgan fingerprint density at radius 1 is 1.20 bits per heavy atom. The van der Waals surface area contributed by atoms with Gasteiger partial charge in [0.15, 0.2) is 0 Å². The number of hydrogen-bond acceptors (Lipinski definition) is 3. The Kier molecular flexibility index (Phi) is 2.74. The molecule has 2 saturated heterocycles. The second kappa shape index (κ2) is 4.33. The van der Waals surface area contributed by atoms with Crippen LogP contribution < -0.4 is 4.90 Å². The molecule has 3 rings (SSSR count). The Bertz CT molecular complexity index is 596. The van der Waals surface area contributed by atoms with E-state index in [1.807, 2.05) is 19.1 Å². The van der Waals surface area contributed by atoms with Gasteiger partial charge in [0.1, 0.15) is 12.1 Å². The third-order valence-electron chi connectivity index (χ3n) is 3.88. The van der Waals surface area contributed by atoms with Crippen LogP contribution in [0.1, 0.15) is 18.4 Å². The number of carbonyl (C=O) groups excluding carboxylic acids is 2.